The molecular weight excluding hydrogens is 278 g/mol. The van der Waals surface area contributed by atoms with Gasteiger partial charge >= 0.3 is 5.76 Å². The molecule has 0 saturated carbocycles. The number of benzene rings is 2. The number of hydrogen-bond donors (Lipinski definition) is 2. The van der Waals surface area contributed by atoms with Crippen LogP contribution in [0.15, 0.2) is 45.6 Å². The van der Waals surface area contributed by atoms with Crippen molar-refractivity contribution in [1.29, 1.82) is 0 Å². The fourth-order valence-electron chi connectivity index (χ4n) is 2.26. The van der Waals surface area contributed by atoms with Crippen molar-refractivity contribution in [2.45, 2.75) is 12.5 Å². The number of oxazole rings is 1. The maximum absolute atomic E-state index is 13.6. The van der Waals surface area contributed by atoms with E-state index < -0.39 is 23.4 Å². The lowest BCUT2D eigenvalue weighted by molar-refractivity contribution is 0.539. The molecule has 0 aliphatic rings. The minimum Gasteiger partial charge on any atom is -0.408 e. The second-order valence-corrected chi connectivity index (χ2v) is 4.78. The Hall–Kier alpha value is -2.47. The van der Waals surface area contributed by atoms with E-state index in [4.69, 9.17) is 10.2 Å². The van der Waals surface area contributed by atoms with Gasteiger partial charge in [0.1, 0.15) is 11.6 Å². The first-order chi connectivity index (χ1) is 10.0. The zero-order valence-electron chi connectivity index (χ0n) is 10.9. The molecule has 1 aromatic heterocycles. The van der Waals surface area contributed by atoms with E-state index in [1.54, 1.807) is 18.2 Å². The molecule has 21 heavy (non-hydrogen) atoms. The summed E-state index contributed by atoms with van der Waals surface area (Å²) in [6, 6.07) is 8.02. The molecular formula is C15H12F2N2O2. The van der Waals surface area contributed by atoms with Gasteiger partial charge in [0.2, 0.25) is 0 Å². The standard InChI is InChI=1S/C15H12F2N2O2/c16-10-2-1-3-11(17)9(10)7-12(18)8-4-5-13-14(6-8)21-15(20)19-13/h1-6,12H,7,18H2,(H,19,20). The van der Waals surface area contributed by atoms with E-state index in [0.29, 0.717) is 16.7 Å². The van der Waals surface area contributed by atoms with Gasteiger partial charge in [-0.3, -0.25) is 4.98 Å². The Kier molecular flexibility index (Phi) is 3.31. The molecule has 1 atom stereocenters. The minimum absolute atomic E-state index is 0.0126. The van der Waals surface area contributed by atoms with Gasteiger partial charge in [-0.2, -0.15) is 0 Å². The summed E-state index contributed by atoms with van der Waals surface area (Å²) in [6.45, 7) is 0. The van der Waals surface area contributed by atoms with Crippen LogP contribution in [0.25, 0.3) is 11.1 Å². The third-order valence-corrected chi connectivity index (χ3v) is 3.36. The van der Waals surface area contributed by atoms with Crippen molar-refractivity contribution in [3.05, 3.63) is 69.7 Å². The molecule has 6 heteroatoms. The summed E-state index contributed by atoms with van der Waals surface area (Å²) in [6.07, 6.45) is 0.0126. The van der Waals surface area contributed by atoms with Crippen molar-refractivity contribution in [3.8, 4) is 0 Å². The number of fused-ring (bicyclic) bond motifs is 1. The van der Waals surface area contributed by atoms with E-state index in [-0.39, 0.29) is 12.0 Å². The molecule has 0 saturated heterocycles. The fraction of sp³-hybridized carbons (Fsp3) is 0.133. The molecule has 0 spiro atoms. The van der Waals surface area contributed by atoms with E-state index in [9.17, 15) is 13.6 Å². The molecule has 0 fully saturated rings. The Bertz CT molecular complexity index is 834. The molecule has 0 aliphatic heterocycles. The Morgan fingerprint density at radius 2 is 1.90 bits per heavy atom. The molecule has 1 heterocycles. The highest BCUT2D eigenvalue weighted by Crippen LogP contribution is 2.22. The van der Waals surface area contributed by atoms with E-state index in [1.165, 1.54) is 18.2 Å². The first-order valence-electron chi connectivity index (χ1n) is 6.36. The third-order valence-electron chi connectivity index (χ3n) is 3.36. The van der Waals surface area contributed by atoms with E-state index in [0.717, 1.165) is 0 Å². The van der Waals surface area contributed by atoms with Crippen LogP contribution in [0.1, 0.15) is 17.2 Å². The molecule has 0 amide bonds. The zero-order valence-corrected chi connectivity index (χ0v) is 10.9. The van der Waals surface area contributed by atoms with Crippen LogP contribution in [0.2, 0.25) is 0 Å². The van der Waals surface area contributed by atoms with Crippen molar-refractivity contribution in [2.75, 3.05) is 0 Å². The number of aromatic amines is 1. The summed E-state index contributed by atoms with van der Waals surface area (Å²) in [7, 11) is 0. The normalized spacial score (nSPS) is 12.7. The van der Waals surface area contributed by atoms with Crippen LogP contribution in [-0.2, 0) is 6.42 Å². The lowest BCUT2D eigenvalue weighted by atomic mass is 9.99. The number of halogens is 2. The number of H-pyrrole nitrogens is 1. The summed E-state index contributed by atoms with van der Waals surface area (Å²) in [5, 5.41) is 0. The van der Waals surface area contributed by atoms with Crippen molar-refractivity contribution in [2.24, 2.45) is 5.73 Å². The van der Waals surface area contributed by atoms with Crippen LogP contribution in [0.4, 0.5) is 8.78 Å². The van der Waals surface area contributed by atoms with E-state index >= 15 is 0 Å². The van der Waals surface area contributed by atoms with Crippen LogP contribution in [0.3, 0.4) is 0 Å². The fourth-order valence-corrected chi connectivity index (χ4v) is 2.26. The number of aromatic nitrogens is 1. The lowest BCUT2D eigenvalue weighted by Gasteiger charge is -2.13. The van der Waals surface area contributed by atoms with Gasteiger partial charge in [-0.15, -0.1) is 0 Å². The first kappa shape index (κ1) is 13.5. The van der Waals surface area contributed by atoms with Gasteiger partial charge in [0, 0.05) is 11.6 Å². The lowest BCUT2D eigenvalue weighted by Crippen LogP contribution is -2.15. The van der Waals surface area contributed by atoms with Crippen LogP contribution < -0.4 is 11.5 Å². The van der Waals surface area contributed by atoms with Gasteiger partial charge < -0.3 is 10.2 Å². The van der Waals surface area contributed by atoms with Gasteiger partial charge in [0.25, 0.3) is 0 Å². The summed E-state index contributed by atoms with van der Waals surface area (Å²) in [5.74, 6) is -1.81. The molecule has 0 aliphatic carbocycles. The average molecular weight is 290 g/mol. The van der Waals surface area contributed by atoms with Gasteiger partial charge in [0.15, 0.2) is 5.58 Å². The first-order valence-corrected chi connectivity index (χ1v) is 6.36. The predicted octanol–water partition coefficient (Wildman–Crippen LogP) is 2.64. The number of nitrogens with one attached hydrogen (secondary N) is 1. The molecule has 3 rings (SSSR count). The molecule has 4 nitrogen and oxygen atoms in total. The average Bonchev–Trinajstić information content (AvgIpc) is 2.81. The number of rotatable bonds is 3. The van der Waals surface area contributed by atoms with Gasteiger partial charge in [-0.1, -0.05) is 12.1 Å². The minimum atomic E-state index is -0.625. The Morgan fingerprint density at radius 1 is 1.19 bits per heavy atom. The van der Waals surface area contributed by atoms with Crippen LogP contribution in [0, 0.1) is 11.6 Å². The topological polar surface area (TPSA) is 72.0 Å². The Morgan fingerprint density at radius 3 is 2.62 bits per heavy atom. The molecule has 108 valence electrons. The molecule has 0 radical (unpaired) electrons. The highest BCUT2D eigenvalue weighted by Gasteiger charge is 2.15. The summed E-state index contributed by atoms with van der Waals surface area (Å²) in [5.41, 5.74) is 7.49. The van der Waals surface area contributed by atoms with Crippen molar-refractivity contribution >= 4 is 11.1 Å². The summed E-state index contributed by atoms with van der Waals surface area (Å²) in [4.78, 5) is 13.6. The highest BCUT2D eigenvalue weighted by atomic mass is 19.1. The third kappa shape index (κ3) is 2.57. The summed E-state index contributed by atoms with van der Waals surface area (Å²) >= 11 is 0. The Labute approximate surface area is 118 Å². The molecule has 1 unspecified atom stereocenters. The quantitative estimate of drug-likeness (QED) is 0.779. The maximum Gasteiger partial charge on any atom is 0.417 e. The number of nitrogens with two attached hydrogens (primary N) is 1. The molecule has 2 aromatic carbocycles. The predicted molar refractivity (Wildman–Crippen MR) is 73.8 cm³/mol. The largest absolute Gasteiger partial charge is 0.417 e. The van der Waals surface area contributed by atoms with Crippen molar-refractivity contribution in [3.63, 3.8) is 0 Å². The molecule has 3 aromatic rings. The SMILES string of the molecule is NC(Cc1c(F)cccc1F)c1ccc2[nH]c(=O)oc2c1. The van der Waals surface area contributed by atoms with Crippen LogP contribution in [0.5, 0.6) is 0 Å². The second-order valence-electron chi connectivity index (χ2n) is 4.78. The van der Waals surface area contributed by atoms with Crippen molar-refractivity contribution in [1.82, 2.24) is 4.98 Å². The van der Waals surface area contributed by atoms with Gasteiger partial charge in [-0.25, -0.2) is 13.6 Å². The zero-order chi connectivity index (χ0) is 15.0. The van der Waals surface area contributed by atoms with E-state index in [2.05, 4.69) is 4.98 Å². The van der Waals surface area contributed by atoms with Crippen LogP contribution in [-0.4, -0.2) is 4.98 Å². The van der Waals surface area contributed by atoms with Gasteiger partial charge in [-0.05, 0) is 36.2 Å². The molecule has 0 bridgehead atoms. The second kappa shape index (κ2) is 5.14. The number of hydrogen-bond acceptors (Lipinski definition) is 3. The smallest absolute Gasteiger partial charge is 0.408 e. The van der Waals surface area contributed by atoms with E-state index in [1.807, 2.05) is 0 Å². The highest BCUT2D eigenvalue weighted by molar-refractivity contribution is 5.72. The summed E-state index contributed by atoms with van der Waals surface area (Å²) < 4.78 is 32.2. The van der Waals surface area contributed by atoms with Gasteiger partial charge in [0.05, 0.1) is 5.52 Å². The monoisotopic (exact) mass is 290 g/mol. The van der Waals surface area contributed by atoms with Crippen molar-refractivity contribution < 1.29 is 13.2 Å². The Balaban J connectivity index is 1.93. The molecule has 3 N–H and O–H groups in total. The maximum atomic E-state index is 13.6. The van der Waals surface area contributed by atoms with Crippen LogP contribution >= 0.6 is 0 Å².